The van der Waals surface area contributed by atoms with Gasteiger partial charge in [0.25, 0.3) is 0 Å². The number of pyridine rings is 1. The van der Waals surface area contributed by atoms with Crippen molar-refractivity contribution >= 4 is 0 Å². The zero-order valence-electron chi connectivity index (χ0n) is 12.3. The lowest BCUT2D eigenvalue weighted by Crippen LogP contribution is -2.38. The lowest BCUT2D eigenvalue weighted by Gasteiger charge is -2.24. The molecule has 1 aromatic heterocycles. The van der Waals surface area contributed by atoms with Gasteiger partial charge in [-0.3, -0.25) is 0 Å². The Hall–Kier alpha value is -1.44. The summed E-state index contributed by atoms with van der Waals surface area (Å²) in [7, 11) is 4.18. The van der Waals surface area contributed by atoms with Gasteiger partial charge < -0.3 is 10.2 Å². The van der Waals surface area contributed by atoms with Crippen molar-refractivity contribution in [3.63, 3.8) is 0 Å². The van der Waals surface area contributed by atoms with Crippen LogP contribution in [0.5, 0.6) is 0 Å². The fourth-order valence-electron chi connectivity index (χ4n) is 2.14. The third-order valence-electron chi connectivity index (χ3n) is 2.88. The maximum Gasteiger partial charge on any atom is 0.140 e. The van der Waals surface area contributed by atoms with Gasteiger partial charge in [-0.25, -0.2) is 4.98 Å². The van der Waals surface area contributed by atoms with Crippen molar-refractivity contribution in [2.45, 2.75) is 32.9 Å². The van der Waals surface area contributed by atoms with E-state index in [0.717, 1.165) is 25.1 Å². The van der Waals surface area contributed by atoms with E-state index in [1.165, 1.54) is 0 Å². The molecule has 0 aliphatic heterocycles. The number of nitrogens with one attached hydrogen (secondary N) is 1. The summed E-state index contributed by atoms with van der Waals surface area (Å²) in [4.78, 5) is 6.19. The molecule has 0 amide bonds. The molecule has 0 aliphatic rings. The van der Waals surface area contributed by atoms with E-state index in [4.69, 9.17) is 5.26 Å². The number of likely N-dealkylation sites (N-methyl/N-ethyl adjacent to an activating group) is 1. The van der Waals surface area contributed by atoms with Gasteiger partial charge in [0.2, 0.25) is 0 Å². The van der Waals surface area contributed by atoms with Crippen molar-refractivity contribution < 1.29 is 0 Å². The first-order valence-electron chi connectivity index (χ1n) is 6.74. The van der Waals surface area contributed by atoms with E-state index in [9.17, 15) is 0 Å². The van der Waals surface area contributed by atoms with Gasteiger partial charge in [-0.15, -0.1) is 0 Å². The lowest BCUT2D eigenvalue weighted by molar-refractivity contribution is 0.305. The molecule has 0 fully saturated rings. The normalized spacial score (nSPS) is 12.7. The topological polar surface area (TPSA) is 52.0 Å². The number of hydrogen-bond acceptors (Lipinski definition) is 4. The van der Waals surface area contributed by atoms with E-state index in [0.29, 0.717) is 17.7 Å². The quantitative estimate of drug-likeness (QED) is 0.815. The van der Waals surface area contributed by atoms with Crippen LogP contribution in [0.1, 0.15) is 31.5 Å². The Balaban J connectivity index is 2.57. The van der Waals surface area contributed by atoms with Crippen LogP contribution in [0.2, 0.25) is 0 Å². The highest BCUT2D eigenvalue weighted by molar-refractivity contribution is 5.25. The average Bonchev–Trinajstić information content (AvgIpc) is 2.35. The molecule has 1 N–H and O–H groups in total. The Morgan fingerprint density at radius 1 is 1.42 bits per heavy atom. The van der Waals surface area contributed by atoms with Gasteiger partial charge in [-0.05, 0) is 44.1 Å². The minimum Gasteiger partial charge on any atom is -0.309 e. The summed E-state index contributed by atoms with van der Waals surface area (Å²) in [5.74, 6) is 0.671. The standard InChI is InChI=1S/C15H24N4/c1-12(2)7-15(11-19(3)4)18-10-13-5-6-17-14(8-13)9-16/h5-6,8,12,15,18H,7,10-11H2,1-4H3. The third kappa shape index (κ3) is 6.32. The number of aromatic nitrogens is 1. The molecule has 1 atom stereocenters. The largest absolute Gasteiger partial charge is 0.309 e. The Kier molecular flexibility index (Phi) is 6.48. The smallest absolute Gasteiger partial charge is 0.140 e. The average molecular weight is 260 g/mol. The molecule has 0 saturated carbocycles. The zero-order chi connectivity index (χ0) is 14.3. The molecule has 19 heavy (non-hydrogen) atoms. The SMILES string of the molecule is CC(C)CC(CN(C)C)NCc1ccnc(C#N)c1. The Morgan fingerprint density at radius 2 is 2.16 bits per heavy atom. The molecule has 0 saturated heterocycles. The molecule has 0 bridgehead atoms. The summed E-state index contributed by atoms with van der Waals surface area (Å²) in [5, 5.41) is 12.4. The molecule has 1 rings (SSSR count). The van der Waals surface area contributed by atoms with Crippen molar-refractivity contribution in [2.24, 2.45) is 5.92 Å². The highest BCUT2D eigenvalue weighted by Gasteiger charge is 2.11. The summed E-state index contributed by atoms with van der Waals surface area (Å²) >= 11 is 0. The molecule has 1 unspecified atom stereocenters. The molecular formula is C15H24N4. The molecule has 1 heterocycles. The van der Waals surface area contributed by atoms with E-state index >= 15 is 0 Å². The van der Waals surface area contributed by atoms with Gasteiger partial charge >= 0.3 is 0 Å². The zero-order valence-corrected chi connectivity index (χ0v) is 12.3. The van der Waals surface area contributed by atoms with E-state index in [1.54, 1.807) is 6.20 Å². The summed E-state index contributed by atoms with van der Waals surface area (Å²) < 4.78 is 0. The summed E-state index contributed by atoms with van der Waals surface area (Å²) in [6.45, 7) is 6.28. The van der Waals surface area contributed by atoms with Gasteiger partial charge in [-0.1, -0.05) is 13.8 Å². The van der Waals surface area contributed by atoms with Crippen LogP contribution in [-0.4, -0.2) is 36.6 Å². The monoisotopic (exact) mass is 260 g/mol. The molecule has 4 heteroatoms. The second-order valence-corrected chi connectivity index (χ2v) is 5.63. The van der Waals surface area contributed by atoms with Crippen LogP contribution >= 0.6 is 0 Å². The number of hydrogen-bond donors (Lipinski definition) is 1. The van der Waals surface area contributed by atoms with Crippen molar-refractivity contribution in [1.29, 1.82) is 5.26 Å². The van der Waals surface area contributed by atoms with E-state index in [-0.39, 0.29) is 0 Å². The number of rotatable bonds is 7. The molecular weight excluding hydrogens is 236 g/mol. The molecule has 1 aromatic rings. The van der Waals surface area contributed by atoms with Crippen molar-refractivity contribution in [3.05, 3.63) is 29.6 Å². The van der Waals surface area contributed by atoms with Crippen molar-refractivity contribution in [1.82, 2.24) is 15.2 Å². The first-order chi connectivity index (χ1) is 9.01. The van der Waals surface area contributed by atoms with Gasteiger partial charge in [-0.2, -0.15) is 5.26 Å². The predicted molar refractivity (Wildman–Crippen MR) is 77.6 cm³/mol. The summed E-state index contributed by atoms with van der Waals surface area (Å²) in [6, 6.07) is 6.34. The third-order valence-corrected chi connectivity index (χ3v) is 2.88. The molecule has 0 aromatic carbocycles. The second-order valence-electron chi connectivity index (χ2n) is 5.63. The summed E-state index contributed by atoms with van der Waals surface area (Å²) in [5.41, 5.74) is 1.59. The Bertz CT molecular complexity index is 410. The van der Waals surface area contributed by atoms with Crippen LogP contribution < -0.4 is 5.32 Å². The van der Waals surface area contributed by atoms with E-state index in [2.05, 4.69) is 49.2 Å². The van der Waals surface area contributed by atoms with Crippen LogP contribution in [0.3, 0.4) is 0 Å². The van der Waals surface area contributed by atoms with Crippen LogP contribution in [0.15, 0.2) is 18.3 Å². The minimum absolute atomic E-state index is 0.466. The fraction of sp³-hybridized carbons (Fsp3) is 0.600. The Morgan fingerprint density at radius 3 is 2.74 bits per heavy atom. The van der Waals surface area contributed by atoms with Crippen LogP contribution in [0, 0.1) is 17.2 Å². The highest BCUT2D eigenvalue weighted by Crippen LogP contribution is 2.07. The fourth-order valence-corrected chi connectivity index (χ4v) is 2.14. The predicted octanol–water partition coefficient (Wildman–Crippen LogP) is 2.02. The molecule has 104 valence electrons. The number of nitrogens with zero attached hydrogens (tertiary/aromatic N) is 3. The van der Waals surface area contributed by atoms with E-state index in [1.807, 2.05) is 12.1 Å². The molecule has 0 radical (unpaired) electrons. The molecule has 4 nitrogen and oxygen atoms in total. The summed E-state index contributed by atoms with van der Waals surface area (Å²) in [6.07, 6.45) is 2.84. The van der Waals surface area contributed by atoms with Crippen LogP contribution in [0.4, 0.5) is 0 Å². The lowest BCUT2D eigenvalue weighted by atomic mass is 10.0. The molecule has 0 aliphatic carbocycles. The first kappa shape index (κ1) is 15.6. The van der Waals surface area contributed by atoms with Gasteiger partial charge in [0, 0.05) is 25.3 Å². The minimum atomic E-state index is 0.466. The maximum absolute atomic E-state index is 8.84. The number of nitriles is 1. The second kappa shape index (κ2) is 7.88. The van der Waals surface area contributed by atoms with Gasteiger partial charge in [0.05, 0.1) is 0 Å². The van der Waals surface area contributed by atoms with E-state index < -0.39 is 0 Å². The van der Waals surface area contributed by atoms with Crippen molar-refractivity contribution in [3.8, 4) is 6.07 Å². The maximum atomic E-state index is 8.84. The van der Waals surface area contributed by atoms with Gasteiger partial charge in [0.15, 0.2) is 0 Å². The Labute approximate surface area is 116 Å². The van der Waals surface area contributed by atoms with Crippen LogP contribution in [0.25, 0.3) is 0 Å². The van der Waals surface area contributed by atoms with Gasteiger partial charge in [0.1, 0.15) is 11.8 Å². The molecule has 0 spiro atoms. The highest BCUT2D eigenvalue weighted by atomic mass is 15.1. The van der Waals surface area contributed by atoms with Crippen molar-refractivity contribution in [2.75, 3.05) is 20.6 Å². The van der Waals surface area contributed by atoms with Crippen LogP contribution in [-0.2, 0) is 6.54 Å². The first-order valence-corrected chi connectivity index (χ1v) is 6.74.